The highest BCUT2D eigenvalue weighted by molar-refractivity contribution is 5.91. The summed E-state index contributed by atoms with van der Waals surface area (Å²) in [4.78, 5) is 13.1. The highest BCUT2D eigenvalue weighted by Gasteiger charge is 2.15. The minimum atomic E-state index is -2.93. The molecule has 1 atom stereocenters. The fourth-order valence-corrected chi connectivity index (χ4v) is 2.70. The summed E-state index contributed by atoms with van der Waals surface area (Å²) in [6.07, 6.45) is 0.325. The van der Waals surface area contributed by atoms with E-state index in [0.717, 1.165) is 16.0 Å². The summed E-state index contributed by atoms with van der Waals surface area (Å²) in [7, 11) is 3.23. The molecule has 0 radical (unpaired) electrons. The number of carbonyl (C=O) groups excluding carboxylic acids is 1. The molecule has 2 rings (SSSR count). The maximum Gasteiger partial charge on any atom is 0.387 e. The number of hydrogen-bond donors (Lipinski definition) is 2. The van der Waals surface area contributed by atoms with Gasteiger partial charge in [-0.3, -0.25) is 4.79 Å². The molecule has 0 aliphatic heterocycles. The minimum Gasteiger partial charge on any atom is -0.493 e. The van der Waals surface area contributed by atoms with Crippen molar-refractivity contribution >= 4 is 11.6 Å². The molecule has 2 N–H and O–H groups in total. The van der Waals surface area contributed by atoms with Crippen LogP contribution < -0.4 is 19.7 Å². The zero-order chi connectivity index (χ0) is 20.5. The van der Waals surface area contributed by atoms with Crippen LogP contribution in [-0.4, -0.2) is 33.2 Å². The number of rotatable bonds is 9. The van der Waals surface area contributed by atoms with E-state index in [2.05, 4.69) is 16.1 Å². The van der Waals surface area contributed by atoms with E-state index in [0.29, 0.717) is 18.7 Å². The molecule has 6 nitrogen and oxygen atoms in total. The number of hydrogen-bond acceptors (Lipinski definition) is 4. The Kier molecular flexibility index (Phi) is 7.72. The summed E-state index contributed by atoms with van der Waals surface area (Å²) in [5.74, 6) is 0.0270. The van der Waals surface area contributed by atoms with E-state index in [1.807, 2.05) is 7.05 Å². The van der Waals surface area contributed by atoms with Crippen LogP contribution in [0.15, 0.2) is 42.5 Å². The molecular formula is C20H22F2N3O3+. The van der Waals surface area contributed by atoms with Crippen LogP contribution in [0.25, 0.3) is 0 Å². The molecule has 0 spiro atoms. The number of nitriles is 1. The first-order valence-electron chi connectivity index (χ1n) is 8.60. The van der Waals surface area contributed by atoms with Gasteiger partial charge in [-0.25, -0.2) is 0 Å². The Morgan fingerprint density at radius 3 is 2.46 bits per heavy atom. The third-order valence-corrected chi connectivity index (χ3v) is 3.93. The standard InChI is InChI=1S/C20H21F2N3O3/c1-25(12-15-5-8-17(28-20(21)22)18(11-15)27-2)13-19(26)24-16-6-3-14(4-7-16)9-10-23/h3-8,11,20H,9,12-13H2,1-2H3,(H,24,26)/p+1. The van der Waals surface area contributed by atoms with Crippen molar-refractivity contribution in [3.63, 3.8) is 0 Å². The van der Waals surface area contributed by atoms with E-state index >= 15 is 0 Å². The number of carbonyl (C=O) groups is 1. The second-order valence-corrected chi connectivity index (χ2v) is 6.25. The lowest BCUT2D eigenvalue weighted by molar-refractivity contribution is -0.885. The summed E-state index contributed by atoms with van der Waals surface area (Å²) in [5, 5.41) is 11.5. The molecule has 0 saturated heterocycles. The molecule has 0 aliphatic rings. The Labute approximate surface area is 162 Å². The van der Waals surface area contributed by atoms with Gasteiger partial charge < -0.3 is 19.7 Å². The van der Waals surface area contributed by atoms with E-state index < -0.39 is 6.61 Å². The summed E-state index contributed by atoms with van der Waals surface area (Å²) < 4.78 is 34.3. The van der Waals surface area contributed by atoms with Crippen molar-refractivity contribution in [2.45, 2.75) is 19.6 Å². The largest absolute Gasteiger partial charge is 0.493 e. The van der Waals surface area contributed by atoms with Gasteiger partial charge in [-0.1, -0.05) is 12.1 Å². The molecule has 1 amide bonds. The third-order valence-electron chi connectivity index (χ3n) is 3.93. The molecule has 148 valence electrons. The van der Waals surface area contributed by atoms with Crippen LogP contribution in [0.4, 0.5) is 14.5 Å². The zero-order valence-corrected chi connectivity index (χ0v) is 15.7. The number of benzene rings is 2. The second kappa shape index (κ2) is 10.2. The number of likely N-dealkylation sites (N-methyl/N-ethyl adjacent to an activating group) is 1. The fourth-order valence-electron chi connectivity index (χ4n) is 2.70. The number of halogens is 2. The summed E-state index contributed by atoms with van der Waals surface area (Å²) in [6, 6.07) is 13.9. The van der Waals surface area contributed by atoms with Gasteiger partial charge in [0.05, 0.1) is 26.6 Å². The molecule has 0 bridgehead atoms. The number of amides is 1. The zero-order valence-electron chi connectivity index (χ0n) is 15.7. The van der Waals surface area contributed by atoms with Gasteiger partial charge in [0.15, 0.2) is 18.0 Å². The van der Waals surface area contributed by atoms with Gasteiger partial charge in [0.2, 0.25) is 0 Å². The SMILES string of the molecule is COc1cc(C[NH+](C)CC(=O)Nc2ccc(CC#N)cc2)ccc1OC(F)F. The van der Waals surface area contributed by atoms with Crippen LogP contribution in [0.1, 0.15) is 11.1 Å². The van der Waals surface area contributed by atoms with Gasteiger partial charge >= 0.3 is 6.61 Å². The predicted octanol–water partition coefficient (Wildman–Crippen LogP) is 2.02. The highest BCUT2D eigenvalue weighted by atomic mass is 19.3. The van der Waals surface area contributed by atoms with Crippen molar-refractivity contribution < 1.29 is 27.9 Å². The lowest BCUT2D eigenvalue weighted by atomic mass is 10.1. The van der Waals surface area contributed by atoms with Crippen LogP contribution in [-0.2, 0) is 17.8 Å². The lowest BCUT2D eigenvalue weighted by Crippen LogP contribution is -3.08. The number of ether oxygens (including phenoxy) is 2. The van der Waals surface area contributed by atoms with E-state index in [-0.39, 0.29) is 24.0 Å². The normalized spacial score (nSPS) is 11.6. The number of alkyl halides is 2. The van der Waals surface area contributed by atoms with Gasteiger partial charge in [0.25, 0.3) is 5.91 Å². The van der Waals surface area contributed by atoms with Crippen molar-refractivity contribution in [3.8, 4) is 17.6 Å². The van der Waals surface area contributed by atoms with Crippen molar-refractivity contribution in [2.75, 3.05) is 26.0 Å². The smallest absolute Gasteiger partial charge is 0.387 e. The molecule has 0 aromatic heterocycles. The Balaban J connectivity index is 1.91. The van der Waals surface area contributed by atoms with Crippen LogP contribution in [0.2, 0.25) is 0 Å². The first-order valence-corrected chi connectivity index (χ1v) is 8.60. The quantitative estimate of drug-likeness (QED) is 0.687. The maximum absolute atomic E-state index is 12.4. The van der Waals surface area contributed by atoms with Gasteiger partial charge in [-0.05, 0) is 35.9 Å². The van der Waals surface area contributed by atoms with Crippen LogP contribution in [0.5, 0.6) is 11.5 Å². The molecule has 0 heterocycles. The molecule has 0 aliphatic carbocycles. The number of methoxy groups -OCH3 is 1. The predicted molar refractivity (Wildman–Crippen MR) is 99.5 cm³/mol. The molecule has 2 aromatic carbocycles. The lowest BCUT2D eigenvalue weighted by Gasteiger charge is -2.16. The van der Waals surface area contributed by atoms with E-state index in [4.69, 9.17) is 10.00 Å². The maximum atomic E-state index is 12.4. The van der Waals surface area contributed by atoms with Crippen molar-refractivity contribution in [2.24, 2.45) is 0 Å². The summed E-state index contributed by atoms with van der Waals surface area (Å²) in [6.45, 7) is -2.21. The van der Waals surface area contributed by atoms with Crippen LogP contribution in [0, 0.1) is 11.3 Å². The van der Waals surface area contributed by atoms with Crippen molar-refractivity contribution in [3.05, 3.63) is 53.6 Å². The summed E-state index contributed by atoms with van der Waals surface area (Å²) in [5.41, 5.74) is 2.37. The number of nitrogens with zero attached hydrogens (tertiary/aromatic N) is 1. The monoisotopic (exact) mass is 390 g/mol. The molecule has 8 heteroatoms. The topological polar surface area (TPSA) is 75.8 Å². The highest BCUT2D eigenvalue weighted by Crippen LogP contribution is 2.29. The van der Waals surface area contributed by atoms with Gasteiger partial charge in [0.1, 0.15) is 6.54 Å². The number of nitrogens with one attached hydrogen (secondary N) is 2. The minimum absolute atomic E-state index is 0.0310. The molecule has 1 unspecified atom stereocenters. The third kappa shape index (κ3) is 6.52. The molecule has 0 fully saturated rings. The molecule has 2 aromatic rings. The average Bonchev–Trinajstić information content (AvgIpc) is 2.64. The average molecular weight is 390 g/mol. The second-order valence-electron chi connectivity index (χ2n) is 6.25. The van der Waals surface area contributed by atoms with Crippen LogP contribution in [0.3, 0.4) is 0 Å². The van der Waals surface area contributed by atoms with Gasteiger partial charge in [-0.15, -0.1) is 0 Å². The van der Waals surface area contributed by atoms with Gasteiger partial charge in [0, 0.05) is 11.3 Å². The Hall–Kier alpha value is -3.18. The first kappa shape index (κ1) is 21.1. The van der Waals surface area contributed by atoms with E-state index in [9.17, 15) is 13.6 Å². The molecule has 28 heavy (non-hydrogen) atoms. The molecular weight excluding hydrogens is 368 g/mol. The van der Waals surface area contributed by atoms with E-state index in [1.165, 1.54) is 13.2 Å². The summed E-state index contributed by atoms with van der Waals surface area (Å²) >= 11 is 0. The first-order chi connectivity index (χ1) is 13.4. The number of anilines is 1. The van der Waals surface area contributed by atoms with E-state index in [1.54, 1.807) is 36.4 Å². The van der Waals surface area contributed by atoms with Crippen molar-refractivity contribution in [1.29, 1.82) is 5.26 Å². The number of quaternary nitrogens is 1. The van der Waals surface area contributed by atoms with Crippen molar-refractivity contribution in [1.82, 2.24) is 0 Å². The fraction of sp³-hybridized carbons (Fsp3) is 0.300. The Morgan fingerprint density at radius 2 is 1.86 bits per heavy atom. The Morgan fingerprint density at radius 1 is 1.18 bits per heavy atom. The Bertz CT molecular complexity index is 836. The van der Waals surface area contributed by atoms with Gasteiger partial charge in [-0.2, -0.15) is 14.0 Å². The van der Waals surface area contributed by atoms with Crippen LogP contribution >= 0.6 is 0 Å². The molecule has 0 saturated carbocycles.